The molecule has 1 aromatic carbocycles. The lowest BCUT2D eigenvalue weighted by atomic mass is 9.99. The number of piperidine rings is 1. The van der Waals surface area contributed by atoms with E-state index in [1.54, 1.807) is 0 Å². The van der Waals surface area contributed by atoms with Crippen LogP contribution in [0.1, 0.15) is 31.7 Å². The van der Waals surface area contributed by atoms with E-state index in [1.165, 1.54) is 0 Å². The summed E-state index contributed by atoms with van der Waals surface area (Å²) in [6.45, 7) is 4.03. The van der Waals surface area contributed by atoms with Gasteiger partial charge < -0.3 is 10.6 Å². The molecule has 1 saturated heterocycles. The molecule has 98 valence electrons. The van der Waals surface area contributed by atoms with Crippen molar-refractivity contribution in [3.63, 3.8) is 0 Å². The first-order valence-corrected chi connectivity index (χ1v) is 6.77. The van der Waals surface area contributed by atoms with Gasteiger partial charge in [0.25, 0.3) is 0 Å². The van der Waals surface area contributed by atoms with Crippen molar-refractivity contribution in [2.45, 2.75) is 45.2 Å². The number of carbonyl (C=O) groups excluding carboxylic acids is 1. The van der Waals surface area contributed by atoms with Crippen LogP contribution >= 0.6 is 11.6 Å². The molecular weight excluding hydrogens is 248 g/mol. The number of hydrogen-bond acceptors (Lipinski definition) is 2. The Labute approximate surface area is 113 Å². The fraction of sp³-hybridized carbons (Fsp3) is 0.500. The van der Waals surface area contributed by atoms with Crippen LogP contribution in [0, 0.1) is 6.92 Å². The maximum Gasteiger partial charge on any atom is 0.241 e. The molecular formula is C14H19ClN2O. The van der Waals surface area contributed by atoms with Crippen molar-refractivity contribution in [3.8, 4) is 0 Å². The molecule has 18 heavy (non-hydrogen) atoms. The summed E-state index contributed by atoms with van der Waals surface area (Å²) in [6.07, 6.45) is 3.14. The van der Waals surface area contributed by atoms with E-state index in [1.807, 2.05) is 25.1 Å². The average molecular weight is 267 g/mol. The fourth-order valence-electron chi connectivity index (χ4n) is 2.31. The lowest BCUT2D eigenvalue weighted by molar-refractivity contribution is -0.118. The molecule has 0 aromatic heterocycles. The molecule has 1 amide bonds. The van der Waals surface area contributed by atoms with E-state index >= 15 is 0 Å². The Morgan fingerprint density at radius 1 is 1.44 bits per heavy atom. The molecule has 1 fully saturated rings. The molecule has 1 aliphatic rings. The normalized spacial score (nSPS) is 23.7. The summed E-state index contributed by atoms with van der Waals surface area (Å²) in [6, 6.07) is 5.88. The summed E-state index contributed by atoms with van der Waals surface area (Å²) in [7, 11) is 0. The van der Waals surface area contributed by atoms with Crippen LogP contribution in [0.2, 0.25) is 5.02 Å². The van der Waals surface area contributed by atoms with Crippen molar-refractivity contribution in [2.75, 3.05) is 5.32 Å². The molecule has 2 rings (SSSR count). The predicted octanol–water partition coefficient (Wildman–Crippen LogP) is 3.12. The van der Waals surface area contributed by atoms with E-state index in [4.69, 9.17) is 11.6 Å². The number of carbonyl (C=O) groups is 1. The number of halogens is 1. The summed E-state index contributed by atoms with van der Waals surface area (Å²) < 4.78 is 0. The van der Waals surface area contributed by atoms with Crippen LogP contribution in [0.5, 0.6) is 0 Å². The number of amides is 1. The quantitative estimate of drug-likeness (QED) is 0.864. The van der Waals surface area contributed by atoms with E-state index < -0.39 is 0 Å². The highest BCUT2D eigenvalue weighted by molar-refractivity contribution is 6.31. The van der Waals surface area contributed by atoms with Gasteiger partial charge in [-0.25, -0.2) is 0 Å². The molecule has 2 atom stereocenters. The van der Waals surface area contributed by atoms with Crippen LogP contribution in [0.25, 0.3) is 0 Å². The van der Waals surface area contributed by atoms with Crippen LogP contribution in [-0.4, -0.2) is 18.0 Å². The third kappa shape index (κ3) is 3.03. The molecule has 2 unspecified atom stereocenters. The molecule has 3 nitrogen and oxygen atoms in total. The van der Waals surface area contributed by atoms with Crippen molar-refractivity contribution in [1.82, 2.24) is 5.32 Å². The maximum absolute atomic E-state index is 12.2. The Kier molecular flexibility index (Phi) is 4.25. The Morgan fingerprint density at radius 2 is 2.22 bits per heavy atom. The van der Waals surface area contributed by atoms with Crippen molar-refractivity contribution in [1.29, 1.82) is 0 Å². The number of rotatable bonds is 2. The zero-order valence-electron chi connectivity index (χ0n) is 10.8. The van der Waals surface area contributed by atoms with Crippen LogP contribution in [0.3, 0.4) is 0 Å². The molecule has 4 heteroatoms. The van der Waals surface area contributed by atoms with E-state index in [0.717, 1.165) is 30.5 Å². The Bertz CT molecular complexity index is 447. The number of anilines is 1. The van der Waals surface area contributed by atoms with Gasteiger partial charge in [-0.05, 0) is 50.8 Å². The second-order valence-electron chi connectivity index (χ2n) is 4.95. The summed E-state index contributed by atoms with van der Waals surface area (Å²) >= 11 is 6.04. The second kappa shape index (κ2) is 5.72. The standard InChI is InChI=1S/C14H19ClN2O/c1-9-5-3-8-13(16-9)14(18)17-12-7-4-6-11(15)10(12)2/h4,6-7,9,13,16H,3,5,8H2,1-2H3,(H,17,18). The number of benzene rings is 1. The Balaban J connectivity index is 2.04. The lowest BCUT2D eigenvalue weighted by Crippen LogP contribution is -2.47. The third-order valence-corrected chi connectivity index (χ3v) is 3.87. The van der Waals surface area contributed by atoms with Gasteiger partial charge in [-0.1, -0.05) is 17.7 Å². The van der Waals surface area contributed by atoms with Crippen LogP contribution in [-0.2, 0) is 4.79 Å². The van der Waals surface area contributed by atoms with Gasteiger partial charge in [-0.2, -0.15) is 0 Å². The number of nitrogens with one attached hydrogen (secondary N) is 2. The zero-order chi connectivity index (χ0) is 13.1. The highest BCUT2D eigenvalue weighted by atomic mass is 35.5. The largest absolute Gasteiger partial charge is 0.324 e. The predicted molar refractivity (Wildman–Crippen MR) is 75.1 cm³/mol. The van der Waals surface area contributed by atoms with Crippen LogP contribution in [0.4, 0.5) is 5.69 Å². The van der Waals surface area contributed by atoms with E-state index in [-0.39, 0.29) is 11.9 Å². The maximum atomic E-state index is 12.2. The zero-order valence-corrected chi connectivity index (χ0v) is 11.6. The molecule has 1 heterocycles. The minimum atomic E-state index is -0.0906. The molecule has 0 radical (unpaired) electrons. The van der Waals surface area contributed by atoms with Crippen molar-refractivity contribution in [3.05, 3.63) is 28.8 Å². The van der Waals surface area contributed by atoms with Crippen molar-refractivity contribution in [2.24, 2.45) is 0 Å². The van der Waals surface area contributed by atoms with E-state index in [2.05, 4.69) is 17.6 Å². The first-order valence-electron chi connectivity index (χ1n) is 6.40. The average Bonchev–Trinajstić information content (AvgIpc) is 2.35. The summed E-state index contributed by atoms with van der Waals surface area (Å²) in [5, 5.41) is 6.96. The molecule has 1 aromatic rings. The fourth-order valence-corrected chi connectivity index (χ4v) is 2.48. The van der Waals surface area contributed by atoms with Crippen molar-refractivity contribution >= 4 is 23.2 Å². The molecule has 0 aliphatic carbocycles. The molecule has 1 aliphatic heterocycles. The summed E-state index contributed by atoms with van der Waals surface area (Å²) in [4.78, 5) is 12.2. The highest BCUT2D eigenvalue weighted by Crippen LogP contribution is 2.23. The van der Waals surface area contributed by atoms with Gasteiger partial charge in [0.1, 0.15) is 0 Å². The minimum absolute atomic E-state index is 0.0342. The topological polar surface area (TPSA) is 41.1 Å². The monoisotopic (exact) mass is 266 g/mol. The first-order chi connectivity index (χ1) is 8.58. The highest BCUT2D eigenvalue weighted by Gasteiger charge is 2.24. The second-order valence-corrected chi connectivity index (χ2v) is 5.36. The number of hydrogen-bond donors (Lipinski definition) is 2. The van der Waals surface area contributed by atoms with Gasteiger partial charge in [0.2, 0.25) is 5.91 Å². The lowest BCUT2D eigenvalue weighted by Gasteiger charge is -2.28. The molecule has 0 saturated carbocycles. The Morgan fingerprint density at radius 3 is 2.94 bits per heavy atom. The summed E-state index contributed by atoms with van der Waals surface area (Å²) in [5.74, 6) is 0.0342. The van der Waals surface area contributed by atoms with Gasteiger partial charge in [0.15, 0.2) is 0 Å². The van der Waals surface area contributed by atoms with Gasteiger partial charge in [0, 0.05) is 16.8 Å². The van der Waals surface area contributed by atoms with E-state index in [0.29, 0.717) is 11.1 Å². The third-order valence-electron chi connectivity index (χ3n) is 3.46. The smallest absolute Gasteiger partial charge is 0.241 e. The van der Waals surface area contributed by atoms with Gasteiger partial charge in [-0.3, -0.25) is 4.79 Å². The van der Waals surface area contributed by atoms with E-state index in [9.17, 15) is 4.79 Å². The van der Waals surface area contributed by atoms with Crippen LogP contribution < -0.4 is 10.6 Å². The summed E-state index contributed by atoms with van der Waals surface area (Å²) in [5.41, 5.74) is 1.71. The Hall–Kier alpha value is -1.06. The first kappa shape index (κ1) is 13.4. The SMILES string of the molecule is Cc1c(Cl)cccc1NC(=O)C1CCCC(C)N1. The van der Waals surface area contributed by atoms with Gasteiger partial charge in [-0.15, -0.1) is 0 Å². The molecule has 2 N–H and O–H groups in total. The van der Waals surface area contributed by atoms with Gasteiger partial charge in [0.05, 0.1) is 6.04 Å². The molecule has 0 spiro atoms. The van der Waals surface area contributed by atoms with Gasteiger partial charge >= 0.3 is 0 Å². The van der Waals surface area contributed by atoms with Crippen LogP contribution in [0.15, 0.2) is 18.2 Å². The minimum Gasteiger partial charge on any atom is -0.324 e. The molecule has 0 bridgehead atoms. The van der Waals surface area contributed by atoms with Crippen molar-refractivity contribution < 1.29 is 4.79 Å².